The molecule has 0 bridgehead atoms. The number of carbonyl (C=O) groups excluding carboxylic acids is 1. The lowest BCUT2D eigenvalue weighted by atomic mass is 10.2. The predicted molar refractivity (Wildman–Crippen MR) is 82.6 cm³/mol. The van der Waals surface area contributed by atoms with E-state index in [0.717, 1.165) is 0 Å². The minimum atomic E-state index is -3.93. The molecule has 0 saturated carbocycles. The van der Waals surface area contributed by atoms with E-state index in [0.29, 0.717) is 25.3 Å². The zero-order valence-corrected chi connectivity index (χ0v) is 13.8. The molecule has 0 heterocycles. The molecule has 0 saturated heterocycles. The summed E-state index contributed by atoms with van der Waals surface area (Å²) in [6, 6.07) is 4.40. The van der Waals surface area contributed by atoms with E-state index in [2.05, 4.69) is 5.32 Å². The highest BCUT2D eigenvalue weighted by atomic mass is 35.7. The molecule has 21 heavy (non-hydrogen) atoms. The Hall–Kier alpha value is -1.31. The first-order valence-corrected chi connectivity index (χ1v) is 8.61. The zero-order chi connectivity index (χ0) is 16.0. The van der Waals surface area contributed by atoms with Crippen LogP contribution in [0, 0.1) is 0 Å². The Labute approximate surface area is 129 Å². The maximum atomic E-state index is 12.0. The Morgan fingerprint density at radius 2 is 2.05 bits per heavy atom. The van der Waals surface area contributed by atoms with Gasteiger partial charge in [0.2, 0.25) is 0 Å². The summed E-state index contributed by atoms with van der Waals surface area (Å²) < 4.78 is 28.1. The third kappa shape index (κ3) is 5.18. The summed E-state index contributed by atoms with van der Waals surface area (Å²) in [5.41, 5.74) is 0.679. The van der Waals surface area contributed by atoms with Crippen LogP contribution in [-0.2, 0) is 13.8 Å². The normalized spacial score (nSPS) is 11.2. The van der Waals surface area contributed by atoms with Crippen LogP contribution in [0.4, 0.5) is 5.69 Å². The van der Waals surface area contributed by atoms with Gasteiger partial charge in [0.25, 0.3) is 15.0 Å². The lowest BCUT2D eigenvalue weighted by Crippen LogP contribution is -2.25. The van der Waals surface area contributed by atoms with Gasteiger partial charge in [0.15, 0.2) is 0 Å². The first-order chi connectivity index (χ1) is 9.77. The number of nitrogens with zero attached hydrogens (tertiary/aromatic N) is 1. The summed E-state index contributed by atoms with van der Waals surface area (Å²) in [5.74, 6) is -0.349. The van der Waals surface area contributed by atoms with Crippen molar-refractivity contribution in [2.75, 3.05) is 39.3 Å². The number of carbonyl (C=O) groups is 1. The minimum absolute atomic E-state index is 0.0845. The number of amides is 1. The molecule has 0 unspecified atom stereocenters. The summed E-state index contributed by atoms with van der Waals surface area (Å²) in [6.07, 6.45) is 0.679. The van der Waals surface area contributed by atoms with Crippen LogP contribution in [-0.4, -0.2) is 48.7 Å². The Bertz CT molecular complexity index is 602. The fourth-order valence-corrected chi connectivity index (χ4v) is 2.88. The van der Waals surface area contributed by atoms with E-state index in [1.807, 2.05) is 0 Å². The molecule has 0 radical (unpaired) electrons. The molecule has 0 atom stereocenters. The molecule has 8 heteroatoms. The summed E-state index contributed by atoms with van der Waals surface area (Å²) in [7, 11) is 6.48. The Balaban J connectivity index is 2.98. The Morgan fingerprint density at radius 1 is 1.38 bits per heavy atom. The molecule has 0 aromatic heterocycles. The first-order valence-electron chi connectivity index (χ1n) is 6.30. The van der Waals surface area contributed by atoms with Crippen molar-refractivity contribution in [3.63, 3.8) is 0 Å². The average Bonchev–Trinajstić information content (AvgIpc) is 2.41. The van der Waals surface area contributed by atoms with E-state index in [9.17, 15) is 13.2 Å². The van der Waals surface area contributed by atoms with Crippen LogP contribution < -0.4 is 10.2 Å². The van der Waals surface area contributed by atoms with Gasteiger partial charge in [-0.3, -0.25) is 4.79 Å². The summed E-state index contributed by atoms with van der Waals surface area (Å²) in [6.45, 7) is 0.992. The number of rotatable bonds is 7. The quantitative estimate of drug-likeness (QED) is 0.603. The van der Waals surface area contributed by atoms with E-state index in [4.69, 9.17) is 15.4 Å². The van der Waals surface area contributed by atoms with Crippen molar-refractivity contribution in [3.8, 4) is 0 Å². The molecule has 1 rings (SSSR count). The fourth-order valence-electron chi connectivity index (χ4n) is 1.74. The molecule has 118 valence electrons. The van der Waals surface area contributed by atoms with Gasteiger partial charge in [0.05, 0.1) is 5.69 Å². The number of nitrogens with one attached hydrogen (secondary N) is 1. The van der Waals surface area contributed by atoms with Gasteiger partial charge in [-0.05, 0) is 24.6 Å². The highest BCUT2D eigenvalue weighted by Crippen LogP contribution is 2.27. The third-order valence-corrected chi connectivity index (χ3v) is 4.13. The standard InChI is InChI=1S/C13H19ClN2O4S/c1-16(2)11-6-5-10(9-12(11)21(14,18)19)13(17)15-7-4-8-20-3/h5-6,9H,4,7-8H2,1-3H3,(H,15,17). The van der Waals surface area contributed by atoms with Gasteiger partial charge >= 0.3 is 0 Å². The van der Waals surface area contributed by atoms with Crippen molar-refractivity contribution >= 4 is 31.3 Å². The summed E-state index contributed by atoms with van der Waals surface area (Å²) in [4.78, 5) is 13.5. The second-order valence-corrected chi connectivity index (χ2v) is 7.15. The average molecular weight is 335 g/mol. The van der Waals surface area contributed by atoms with Crippen molar-refractivity contribution < 1.29 is 17.9 Å². The van der Waals surface area contributed by atoms with Crippen LogP contribution in [0.15, 0.2) is 23.1 Å². The minimum Gasteiger partial charge on any atom is -0.385 e. The molecule has 0 aliphatic rings. The molecule has 0 spiro atoms. The van der Waals surface area contributed by atoms with E-state index < -0.39 is 9.05 Å². The Kier molecular flexibility index (Phi) is 6.44. The maximum Gasteiger partial charge on any atom is 0.263 e. The molecule has 6 nitrogen and oxygen atoms in total. The zero-order valence-electron chi connectivity index (χ0n) is 12.2. The second-order valence-electron chi connectivity index (χ2n) is 4.62. The number of ether oxygens (including phenoxy) is 1. The lowest BCUT2D eigenvalue weighted by Gasteiger charge is -2.16. The molecular formula is C13H19ClN2O4S. The number of benzene rings is 1. The molecule has 1 amide bonds. The highest BCUT2D eigenvalue weighted by Gasteiger charge is 2.19. The number of hydrogen-bond acceptors (Lipinski definition) is 5. The lowest BCUT2D eigenvalue weighted by molar-refractivity contribution is 0.0948. The molecule has 0 aliphatic heterocycles. The molecule has 0 fully saturated rings. The molecule has 0 aliphatic carbocycles. The Morgan fingerprint density at radius 3 is 2.57 bits per heavy atom. The van der Waals surface area contributed by atoms with E-state index in [-0.39, 0.29) is 16.4 Å². The van der Waals surface area contributed by atoms with Gasteiger partial charge in [-0.2, -0.15) is 0 Å². The van der Waals surface area contributed by atoms with Crippen LogP contribution in [0.25, 0.3) is 0 Å². The molecule has 1 N–H and O–H groups in total. The number of hydrogen-bond donors (Lipinski definition) is 1. The molecular weight excluding hydrogens is 316 g/mol. The predicted octanol–water partition coefficient (Wildman–Crippen LogP) is 1.45. The maximum absolute atomic E-state index is 12.0. The topological polar surface area (TPSA) is 75.7 Å². The van der Waals surface area contributed by atoms with Crippen LogP contribution >= 0.6 is 10.7 Å². The monoisotopic (exact) mass is 334 g/mol. The van der Waals surface area contributed by atoms with Crippen molar-refractivity contribution in [3.05, 3.63) is 23.8 Å². The van der Waals surface area contributed by atoms with Gasteiger partial charge in [0, 0.05) is 50.6 Å². The summed E-state index contributed by atoms with van der Waals surface area (Å²) in [5, 5.41) is 2.69. The number of anilines is 1. The van der Waals surface area contributed by atoms with Crippen molar-refractivity contribution in [1.29, 1.82) is 0 Å². The highest BCUT2D eigenvalue weighted by molar-refractivity contribution is 8.13. The van der Waals surface area contributed by atoms with Crippen LogP contribution in [0.5, 0.6) is 0 Å². The van der Waals surface area contributed by atoms with Crippen LogP contribution in [0.3, 0.4) is 0 Å². The second kappa shape index (κ2) is 7.63. The summed E-state index contributed by atoms with van der Waals surface area (Å²) >= 11 is 0. The van der Waals surface area contributed by atoms with Crippen molar-refractivity contribution in [2.45, 2.75) is 11.3 Å². The first kappa shape index (κ1) is 17.7. The van der Waals surface area contributed by atoms with Crippen LogP contribution in [0.2, 0.25) is 0 Å². The van der Waals surface area contributed by atoms with Gasteiger partial charge in [-0.1, -0.05) is 0 Å². The number of halogens is 1. The van der Waals surface area contributed by atoms with Gasteiger partial charge < -0.3 is 15.0 Å². The van der Waals surface area contributed by atoms with Gasteiger partial charge in [-0.15, -0.1) is 0 Å². The van der Waals surface area contributed by atoms with Crippen molar-refractivity contribution in [2.24, 2.45) is 0 Å². The fraction of sp³-hybridized carbons (Fsp3) is 0.462. The number of methoxy groups -OCH3 is 1. The van der Waals surface area contributed by atoms with Gasteiger partial charge in [0.1, 0.15) is 4.90 Å². The van der Waals surface area contributed by atoms with E-state index in [1.54, 1.807) is 38.2 Å². The largest absolute Gasteiger partial charge is 0.385 e. The van der Waals surface area contributed by atoms with E-state index >= 15 is 0 Å². The van der Waals surface area contributed by atoms with E-state index in [1.165, 1.54) is 6.07 Å². The van der Waals surface area contributed by atoms with Crippen molar-refractivity contribution in [1.82, 2.24) is 5.32 Å². The molecule has 1 aromatic rings. The van der Waals surface area contributed by atoms with Gasteiger partial charge in [-0.25, -0.2) is 8.42 Å². The smallest absolute Gasteiger partial charge is 0.263 e. The van der Waals surface area contributed by atoms with Crippen LogP contribution in [0.1, 0.15) is 16.8 Å². The third-order valence-electron chi connectivity index (χ3n) is 2.78. The SMILES string of the molecule is COCCCNC(=O)c1ccc(N(C)C)c(S(=O)(=O)Cl)c1. The molecule has 1 aromatic carbocycles.